The second kappa shape index (κ2) is 8.80. The van der Waals surface area contributed by atoms with Gasteiger partial charge in [-0.15, -0.1) is 0 Å². The van der Waals surface area contributed by atoms with E-state index in [1.807, 2.05) is 0 Å². The van der Waals surface area contributed by atoms with Gasteiger partial charge in [-0.1, -0.05) is 159 Å². The maximum atomic E-state index is 2.39. The van der Waals surface area contributed by atoms with Crippen molar-refractivity contribution in [2.75, 3.05) is 0 Å². The molecule has 1 aliphatic carbocycles. The summed E-state index contributed by atoms with van der Waals surface area (Å²) in [6, 6.07) is 54.7. The molecule has 1 aliphatic rings. The van der Waals surface area contributed by atoms with Crippen LogP contribution in [-0.4, -0.2) is 0 Å². The Balaban J connectivity index is 1.24. The Morgan fingerprint density at radius 1 is 0.289 bits per heavy atom. The van der Waals surface area contributed by atoms with Crippen LogP contribution in [0.2, 0.25) is 0 Å². The first kappa shape index (κ1) is 24.9. The molecule has 0 spiro atoms. The van der Waals surface area contributed by atoms with E-state index in [1.54, 1.807) is 0 Å². The van der Waals surface area contributed by atoms with E-state index in [0.717, 1.165) is 0 Å². The van der Waals surface area contributed by atoms with Crippen molar-refractivity contribution in [1.29, 1.82) is 0 Å². The van der Waals surface area contributed by atoms with Crippen LogP contribution in [0.4, 0.5) is 0 Å². The van der Waals surface area contributed by atoms with Crippen LogP contribution < -0.4 is 0 Å². The van der Waals surface area contributed by atoms with Crippen molar-refractivity contribution in [2.24, 2.45) is 0 Å². The van der Waals surface area contributed by atoms with Gasteiger partial charge in [-0.05, 0) is 98.4 Å². The highest BCUT2D eigenvalue weighted by Crippen LogP contribution is 2.51. The highest BCUT2D eigenvalue weighted by atomic mass is 14.4. The molecular formula is C45H30. The molecule has 0 bridgehead atoms. The average Bonchev–Trinajstić information content (AvgIpc) is 3.09. The largest absolute Gasteiger partial charge is 0.0619 e. The zero-order chi connectivity index (χ0) is 29.9. The molecule has 0 N–H and O–H groups in total. The zero-order valence-electron chi connectivity index (χ0n) is 25.4. The van der Waals surface area contributed by atoms with Gasteiger partial charge in [0, 0.05) is 5.41 Å². The number of fused-ring (bicyclic) bond motifs is 3. The minimum atomic E-state index is -0.0668. The van der Waals surface area contributed by atoms with Crippen LogP contribution in [0.1, 0.15) is 25.0 Å². The topological polar surface area (TPSA) is 0 Å². The second-order valence-corrected chi connectivity index (χ2v) is 13.2. The Morgan fingerprint density at radius 3 is 1.51 bits per heavy atom. The van der Waals surface area contributed by atoms with Gasteiger partial charge in [0.2, 0.25) is 0 Å². The molecule has 0 aliphatic heterocycles. The molecule has 0 heterocycles. The summed E-state index contributed by atoms with van der Waals surface area (Å²) < 4.78 is 0. The van der Waals surface area contributed by atoms with Crippen molar-refractivity contribution in [2.45, 2.75) is 19.3 Å². The van der Waals surface area contributed by atoms with Crippen molar-refractivity contribution in [1.82, 2.24) is 0 Å². The molecule has 0 fully saturated rings. The van der Waals surface area contributed by atoms with Gasteiger partial charge in [0.05, 0.1) is 0 Å². The molecule has 0 heteroatoms. The molecule has 0 atom stereocenters. The maximum Gasteiger partial charge on any atom is 0.0159 e. The van der Waals surface area contributed by atoms with Gasteiger partial charge >= 0.3 is 0 Å². The minimum Gasteiger partial charge on any atom is -0.0619 e. The molecule has 0 saturated heterocycles. The smallest absolute Gasteiger partial charge is 0.0159 e. The van der Waals surface area contributed by atoms with E-state index in [0.29, 0.717) is 0 Å². The van der Waals surface area contributed by atoms with E-state index >= 15 is 0 Å². The average molecular weight is 571 g/mol. The lowest BCUT2D eigenvalue weighted by molar-refractivity contribution is 0.645. The fraction of sp³-hybridized carbons (Fsp3) is 0.0667. The van der Waals surface area contributed by atoms with Gasteiger partial charge in [0.15, 0.2) is 0 Å². The van der Waals surface area contributed by atoms with Gasteiger partial charge in [-0.2, -0.15) is 0 Å². The summed E-state index contributed by atoms with van der Waals surface area (Å²) in [5, 5.41) is 13.2. The molecule has 0 nitrogen and oxygen atoms in total. The number of rotatable bonds is 2. The number of benzene rings is 9. The third-order valence-corrected chi connectivity index (χ3v) is 10.6. The predicted octanol–water partition coefficient (Wildman–Crippen LogP) is 12.5. The van der Waals surface area contributed by atoms with Gasteiger partial charge in [0.25, 0.3) is 0 Å². The molecule has 45 heavy (non-hydrogen) atoms. The lowest BCUT2D eigenvalue weighted by Gasteiger charge is -2.35. The van der Waals surface area contributed by atoms with E-state index in [4.69, 9.17) is 0 Å². The third kappa shape index (κ3) is 3.27. The lowest BCUT2D eigenvalue weighted by Crippen LogP contribution is -2.23. The Kier molecular flexibility index (Phi) is 4.88. The molecule has 10 rings (SSSR count). The van der Waals surface area contributed by atoms with Crippen molar-refractivity contribution in [3.8, 4) is 33.4 Å². The highest BCUT2D eigenvalue weighted by Gasteiger charge is 2.33. The summed E-state index contributed by atoms with van der Waals surface area (Å²) >= 11 is 0. The van der Waals surface area contributed by atoms with E-state index in [2.05, 4.69) is 159 Å². The van der Waals surface area contributed by atoms with Crippen LogP contribution in [0.5, 0.6) is 0 Å². The van der Waals surface area contributed by atoms with Gasteiger partial charge < -0.3 is 0 Å². The van der Waals surface area contributed by atoms with Crippen LogP contribution in [-0.2, 0) is 5.41 Å². The van der Waals surface area contributed by atoms with E-state index in [-0.39, 0.29) is 5.41 Å². The molecule has 210 valence electrons. The minimum absolute atomic E-state index is 0.0668. The molecule has 0 radical (unpaired) electrons. The number of hydrogen-bond acceptors (Lipinski definition) is 0. The monoisotopic (exact) mass is 570 g/mol. The highest BCUT2D eigenvalue weighted by molar-refractivity contribution is 6.26. The first-order valence-corrected chi connectivity index (χ1v) is 15.9. The van der Waals surface area contributed by atoms with Gasteiger partial charge in [-0.3, -0.25) is 0 Å². The van der Waals surface area contributed by atoms with Crippen molar-refractivity contribution < 1.29 is 0 Å². The summed E-state index contributed by atoms with van der Waals surface area (Å²) in [4.78, 5) is 0. The van der Waals surface area contributed by atoms with Crippen molar-refractivity contribution >= 4 is 53.9 Å². The Bertz CT molecular complexity index is 2650. The molecule has 0 aromatic heterocycles. The SMILES string of the molecule is CC1(C)c2ccccc2-c2cccc3c(-c4cccc5c(-c6ccc7ccc8cccc9ccc6c7c89)cccc45)ccc1c23. The Labute approximate surface area is 262 Å². The van der Waals surface area contributed by atoms with Crippen LogP contribution in [0.3, 0.4) is 0 Å². The fourth-order valence-electron chi connectivity index (χ4n) is 8.54. The molecule has 0 amide bonds. The predicted molar refractivity (Wildman–Crippen MR) is 194 cm³/mol. The summed E-state index contributed by atoms with van der Waals surface area (Å²) in [5.41, 5.74) is 10.6. The first-order chi connectivity index (χ1) is 22.1. The summed E-state index contributed by atoms with van der Waals surface area (Å²) in [5.74, 6) is 0. The first-order valence-electron chi connectivity index (χ1n) is 15.9. The molecular weight excluding hydrogens is 540 g/mol. The quantitative estimate of drug-likeness (QED) is 0.181. The van der Waals surface area contributed by atoms with Crippen molar-refractivity contribution in [3.63, 3.8) is 0 Å². The van der Waals surface area contributed by atoms with Crippen LogP contribution >= 0.6 is 0 Å². The Hall–Kier alpha value is -5.46. The summed E-state index contributed by atoms with van der Waals surface area (Å²) in [6.45, 7) is 4.74. The maximum absolute atomic E-state index is 2.39. The Morgan fingerprint density at radius 2 is 0.778 bits per heavy atom. The van der Waals surface area contributed by atoms with E-state index < -0.39 is 0 Å². The molecule has 0 saturated carbocycles. The summed E-state index contributed by atoms with van der Waals surface area (Å²) in [6.07, 6.45) is 0. The van der Waals surface area contributed by atoms with Crippen LogP contribution in [0, 0.1) is 0 Å². The fourth-order valence-corrected chi connectivity index (χ4v) is 8.54. The molecule has 9 aromatic carbocycles. The van der Waals surface area contributed by atoms with E-state index in [9.17, 15) is 0 Å². The number of hydrogen-bond donors (Lipinski definition) is 0. The zero-order valence-corrected chi connectivity index (χ0v) is 25.4. The normalized spacial score (nSPS) is 13.7. The summed E-state index contributed by atoms with van der Waals surface area (Å²) in [7, 11) is 0. The van der Waals surface area contributed by atoms with Crippen LogP contribution in [0.25, 0.3) is 87.2 Å². The van der Waals surface area contributed by atoms with Crippen LogP contribution in [0.15, 0.2) is 146 Å². The second-order valence-electron chi connectivity index (χ2n) is 13.2. The van der Waals surface area contributed by atoms with Crippen molar-refractivity contribution in [3.05, 3.63) is 157 Å². The third-order valence-electron chi connectivity index (χ3n) is 10.6. The van der Waals surface area contributed by atoms with Gasteiger partial charge in [-0.25, -0.2) is 0 Å². The molecule has 0 unspecified atom stereocenters. The standard InChI is InChI=1S/C45H30/c1-45(2)40-18-4-3-11-36(40)38-17-8-16-37-35(25-26-41(45)44(37)38)33-15-7-12-30-31(33)13-6-14-32(30)34-23-21-29-20-19-27-9-5-10-28-22-24-39(34)43(29)42(27)28/h3-26H,1-2H3. The molecule has 9 aromatic rings. The van der Waals surface area contributed by atoms with E-state index in [1.165, 1.54) is 98.4 Å². The lowest BCUT2D eigenvalue weighted by atomic mass is 9.68. The van der Waals surface area contributed by atoms with Gasteiger partial charge in [0.1, 0.15) is 0 Å².